The minimum absolute atomic E-state index is 0.527. The molecule has 0 bridgehead atoms. The lowest BCUT2D eigenvalue weighted by molar-refractivity contribution is 0.296. The van der Waals surface area contributed by atoms with Gasteiger partial charge in [0.2, 0.25) is 5.43 Å². The number of aromatic hydroxyl groups is 1. The van der Waals surface area contributed by atoms with Crippen LogP contribution in [0, 0.1) is 0 Å². The lowest BCUT2D eigenvalue weighted by atomic mass is 10.3. The van der Waals surface area contributed by atoms with Crippen LogP contribution < -0.4 is 21.6 Å². The first-order valence-corrected chi connectivity index (χ1v) is 2.84. The summed E-state index contributed by atoms with van der Waals surface area (Å²) in [5.41, 5.74) is -3.74. The molecule has 0 radical (unpaired) electrons. The first-order chi connectivity index (χ1) is 5.57. The van der Waals surface area contributed by atoms with Crippen molar-refractivity contribution in [2.45, 2.75) is 0 Å². The van der Waals surface area contributed by atoms with E-state index in [4.69, 9.17) is 10.3 Å². The van der Waals surface area contributed by atoms with Crippen LogP contribution >= 0.6 is 0 Å². The molecule has 0 unspecified atom stereocenters. The molecule has 6 heteroatoms. The van der Waals surface area contributed by atoms with Gasteiger partial charge in [0, 0.05) is 6.07 Å². The largest absolute Gasteiger partial charge is 0.505 e. The smallest absolute Gasteiger partial charge is 0.275 e. The summed E-state index contributed by atoms with van der Waals surface area (Å²) in [5.74, 6) is -0.799. The van der Waals surface area contributed by atoms with E-state index in [0.717, 1.165) is 0 Å². The van der Waals surface area contributed by atoms with Gasteiger partial charge in [-0.15, -0.1) is 0 Å². The maximum absolute atomic E-state index is 10.7. The number of phenolic OH excluding ortho intramolecular Hbond substituents is 1. The molecule has 62 valence electrons. The van der Waals surface area contributed by atoms with Gasteiger partial charge in [0.15, 0.2) is 11.1 Å². The average molecular weight is 169 g/mol. The fraction of sp³-hybridized carbons (Fsp3) is 0. The quantitative estimate of drug-likeness (QED) is 0.257. The second-order valence-corrected chi connectivity index (χ2v) is 2.00. The molecule has 0 aliphatic heterocycles. The Labute approximate surface area is 64.4 Å². The highest BCUT2D eigenvalue weighted by Crippen LogP contribution is 1.86. The Balaban J connectivity index is 4.04. The van der Waals surface area contributed by atoms with Gasteiger partial charge in [-0.1, -0.05) is 5.16 Å². The van der Waals surface area contributed by atoms with E-state index in [2.05, 4.69) is 5.16 Å². The van der Waals surface area contributed by atoms with Crippen LogP contribution in [0.1, 0.15) is 0 Å². The van der Waals surface area contributed by atoms with Crippen molar-refractivity contribution in [1.82, 2.24) is 0 Å². The maximum Gasteiger partial charge on any atom is 0.275 e. The van der Waals surface area contributed by atoms with Gasteiger partial charge >= 0.3 is 0 Å². The number of rotatable bonds is 0. The molecule has 0 heterocycles. The van der Waals surface area contributed by atoms with Gasteiger partial charge in [-0.25, -0.2) is 0 Å². The van der Waals surface area contributed by atoms with Gasteiger partial charge in [-0.3, -0.25) is 14.4 Å². The monoisotopic (exact) mass is 169 g/mol. The van der Waals surface area contributed by atoms with Crippen LogP contribution in [0.15, 0.2) is 25.6 Å². The summed E-state index contributed by atoms with van der Waals surface area (Å²) in [5, 5.41) is 18.5. The van der Waals surface area contributed by atoms with Gasteiger partial charge in [-0.2, -0.15) is 0 Å². The standard InChI is InChI=1S/C6H3NO5/c8-2-1-3(9)5(10)6(11)4(2)7-12/h1,8,12H. The van der Waals surface area contributed by atoms with E-state index in [1.165, 1.54) is 0 Å². The molecule has 0 atom stereocenters. The van der Waals surface area contributed by atoms with Gasteiger partial charge in [0.25, 0.3) is 10.9 Å². The zero-order valence-electron chi connectivity index (χ0n) is 5.64. The highest BCUT2D eigenvalue weighted by atomic mass is 16.4. The van der Waals surface area contributed by atoms with E-state index in [1.54, 1.807) is 0 Å². The molecular weight excluding hydrogens is 166 g/mol. The normalized spacial score (nSPS) is 11.8. The van der Waals surface area contributed by atoms with Crippen molar-refractivity contribution in [1.29, 1.82) is 0 Å². The predicted molar refractivity (Wildman–Crippen MR) is 36.6 cm³/mol. The molecule has 0 aliphatic carbocycles. The van der Waals surface area contributed by atoms with Crippen molar-refractivity contribution < 1.29 is 10.3 Å². The zero-order chi connectivity index (χ0) is 9.30. The number of benzene rings is 1. The van der Waals surface area contributed by atoms with E-state index < -0.39 is 27.4 Å². The summed E-state index contributed by atoms with van der Waals surface area (Å²) >= 11 is 0. The minimum Gasteiger partial charge on any atom is -0.505 e. The number of hydrogen-bond donors (Lipinski definition) is 2. The lowest BCUT2D eigenvalue weighted by Crippen LogP contribution is -2.46. The van der Waals surface area contributed by atoms with E-state index in [-0.39, 0.29) is 0 Å². The fourth-order valence-electron chi connectivity index (χ4n) is 0.690. The van der Waals surface area contributed by atoms with E-state index in [0.29, 0.717) is 6.07 Å². The molecule has 1 aromatic rings. The lowest BCUT2D eigenvalue weighted by Gasteiger charge is -1.84. The number of phenols is 1. The summed E-state index contributed by atoms with van der Waals surface area (Å²) in [6.07, 6.45) is 0. The Morgan fingerprint density at radius 2 is 1.75 bits per heavy atom. The van der Waals surface area contributed by atoms with Crippen LogP contribution in [-0.2, 0) is 0 Å². The molecule has 0 aliphatic rings. The van der Waals surface area contributed by atoms with Crippen LogP contribution in [0.25, 0.3) is 0 Å². The zero-order valence-corrected chi connectivity index (χ0v) is 5.64. The molecule has 0 aromatic heterocycles. The Bertz CT molecular complexity index is 508. The Morgan fingerprint density at radius 3 is 2.25 bits per heavy atom. The maximum atomic E-state index is 10.7. The molecule has 0 spiro atoms. The second kappa shape index (κ2) is 2.57. The summed E-state index contributed by atoms with van der Waals surface area (Å²) in [7, 11) is 0. The van der Waals surface area contributed by atoms with Gasteiger partial charge < -0.3 is 10.3 Å². The molecule has 6 nitrogen and oxygen atoms in total. The fourth-order valence-corrected chi connectivity index (χ4v) is 0.690. The third-order valence-electron chi connectivity index (χ3n) is 1.26. The first-order valence-electron chi connectivity index (χ1n) is 2.84. The molecule has 0 saturated carbocycles. The van der Waals surface area contributed by atoms with Gasteiger partial charge in [0.05, 0.1) is 0 Å². The molecule has 12 heavy (non-hydrogen) atoms. The van der Waals surface area contributed by atoms with Crippen LogP contribution in [-0.4, -0.2) is 10.3 Å². The van der Waals surface area contributed by atoms with E-state index >= 15 is 0 Å². The number of nitrogens with zero attached hydrogens (tertiary/aromatic N) is 1. The van der Waals surface area contributed by atoms with Crippen molar-refractivity contribution in [3.63, 3.8) is 0 Å². The summed E-state index contributed by atoms with van der Waals surface area (Å²) in [6.45, 7) is 0. The second-order valence-electron chi connectivity index (χ2n) is 2.00. The third kappa shape index (κ3) is 0.986. The van der Waals surface area contributed by atoms with Gasteiger partial charge in [0.1, 0.15) is 0 Å². The SMILES string of the molecule is O=c1cc(O)c(=NO)c(=O)c1=O. The van der Waals surface area contributed by atoms with Crippen LogP contribution in [0.3, 0.4) is 0 Å². The topological polar surface area (TPSA) is 104 Å². The third-order valence-corrected chi connectivity index (χ3v) is 1.26. The summed E-state index contributed by atoms with van der Waals surface area (Å²) in [4.78, 5) is 31.8. The van der Waals surface area contributed by atoms with Crippen molar-refractivity contribution in [3.8, 4) is 5.75 Å². The Hall–Kier alpha value is -1.98. The molecule has 0 amide bonds. The molecule has 2 N–H and O–H groups in total. The van der Waals surface area contributed by atoms with Gasteiger partial charge in [-0.05, 0) is 0 Å². The molecule has 0 fully saturated rings. The highest BCUT2D eigenvalue weighted by Gasteiger charge is 2.07. The van der Waals surface area contributed by atoms with Crippen LogP contribution in [0.4, 0.5) is 0 Å². The molecule has 1 rings (SSSR count). The highest BCUT2D eigenvalue weighted by molar-refractivity contribution is 5.19. The number of hydrogen-bond acceptors (Lipinski definition) is 6. The Morgan fingerprint density at radius 1 is 1.17 bits per heavy atom. The van der Waals surface area contributed by atoms with Crippen molar-refractivity contribution in [2.24, 2.45) is 5.16 Å². The van der Waals surface area contributed by atoms with Crippen molar-refractivity contribution in [3.05, 3.63) is 42.1 Å². The molecule has 1 aromatic carbocycles. The van der Waals surface area contributed by atoms with E-state index in [1.807, 2.05) is 0 Å². The van der Waals surface area contributed by atoms with Crippen LogP contribution in [0.5, 0.6) is 5.75 Å². The predicted octanol–water partition coefficient (Wildman–Crippen LogP) is -2.36. The van der Waals surface area contributed by atoms with E-state index in [9.17, 15) is 14.4 Å². The van der Waals surface area contributed by atoms with Crippen LogP contribution in [0.2, 0.25) is 0 Å². The average Bonchev–Trinajstić information content (AvgIpc) is 2.01. The van der Waals surface area contributed by atoms with Crippen molar-refractivity contribution >= 4 is 0 Å². The minimum atomic E-state index is -1.32. The first kappa shape index (κ1) is 8.12. The summed E-state index contributed by atoms with van der Waals surface area (Å²) < 4.78 is 0. The molecule has 0 saturated heterocycles. The molecular formula is C6H3NO5. The Kier molecular flexibility index (Phi) is 1.74. The summed E-state index contributed by atoms with van der Waals surface area (Å²) in [6, 6.07) is 0.527. The van der Waals surface area contributed by atoms with Crippen molar-refractivity contribution in [2.75, 3.05) is 0 Å².